The van der Waals surface area contributed by atoms with Crippen molar-refractivity contribution in [2.45, 2.75) is 6.42 Å². The Hall–Kier alpha value is -1.81. The predicted octanol–water partition coefficient (Wildman–Crippen LogP) is 4.18. The largest absolute Gasteiger partial charge is 0.294 e. The number of hydrogen-bond donors (Lipinski definition) is 0. The number of carbonyl (C=O) groups excluding carboxylic acids is 1. The summed E-state index contributed by atoms with van der Waals surface area (Å²) in [7, 11) is 0. The lowest BCUT2D eigenvalue weighted by Gasteiger charge is -2.05. The lowest BCUT2D eigenvalue weighted by Crippen LogP contribution is -2.10. The van der Waals surface area contributed by atoms with Crippen molar-refractivity contribution in [1.82, 2.24) is 0 Å². The Morgan fingerprint density at radius 3 is 2.21 bits per heavy atom. The van der Waals surface area contributed by atoms with Crippen LogP contribution < -0.4 is 0 Å². The summed E-state index contributed by atoms with van der Waals surface area (Å²) >= 11 is 5.58. The van der Waals surface area contributed by atoms with Crippen molar-refractivity contribution in [3.05, 3.63) is 70.0 Å². The summed E-state index contributed by atoms with van der Waals surface area (Å²) in [6.45, 7) is 0. The molecule has 0 aliphatic rings. The third kappa shape index (κ3) is 2.96. The maximum Gasteiger partial charge on any atom is 0.173 e. The zero-order chi connectivity index (χ0) is 14.0. The van der Waals surface area contributed by atoms with E-state index in [1.807, 2.05) is 0 Å². The molecule has 19 heavy (non-hydrogen) atoms. The first kappa shape index (κ1) is 13.6. The molecule has 2 aromatic carbocycles. The molecule has 0 aromatic heterocycles. The number of carbonyl (C=O) groups is 1. The number of Topliss-reactive ketones (excluding diaryl/α,β-unsaturated/α-hetero) is 1. The highest BCUT2D eigenvalue weighted by atomic mass is 35.5. The second kappa shape index (κ2) is 5.45. The third-order valence-corrected chi connectivity index (χ3v) is 2.84. The Bertz CT molecular complexity index is 620. The molecule has 98 valence electrons. The first-order valence-corrected chi connectivity index (χ1v) is 5.78. The summed E-state index contributed by atoms with van der Waals surface area (Å²) < 4.78 is 40.3. The smallest absolute Gasteiger partial charge is 0.173 e. The van der Waals surface area contributed by atoms with E-state index in [1.165, 1.54) is 12.1 Å². The second-order valence-corrected chi connectivity index (χ2v) is 4.37. The topological polar surface area (TPSA) is 17.1 Å². The van der Waals surface area contributed by atoms with Gasteiger partial charge in [0.1, 0.15) is 17.5 Å². The summed E-state index contributed by atoms with van der Waals surface area (Å²) in [4.78, 5) is 11.8. The van der Waals surface area contributed by atoms with Crippen LogP contribution >= 0.6 is 11.6 Å². The van der Waals surface area contributed by atoms with Crippen molar-refractivity contribution in [3.8, 4) is 0 Å². The molecule has 0 N–H and O–H groups in total. The van der Waals surface area contributed by atoms with E-state index in [9.17, 15) is 18.0 Å². The molecular weight excluding hydrogens is 277 g/mol. The molecule has 0 unspecified atom stereocenters. The van der Waals surface area contributed by atoms with Gasteiger partial charge < -0.3 is 0 Å². The van der Waals surface area contributed by atoms with Crippen LogP contribution in [0.15, 0.2) is 36.4 Å². The van der Waals surface area contributed by atoms with E-state index in [4.69, 9.17) is 11.6 Å². The van der Waals surface area contributed by atoms with Gasteiger partial charge in [0.05, 0.1) is 5.56 Å². The Balaban J connectivity index is 2.31. The normalized spacial score (nSPS) is 10.5. The molecule has 0 heterocycles. The van der Waals surface area contributed by atoms with Crippen molar-refractivity contribution in [3.63, 3.8) is 0 Å². The molecule has 0 aliphatic carbocycles. The number of benzene rings is 2. The van der Waals surface area contributed by atoms with Crippen LogP contribution in [0.2, 0.25) is 5.02 Å². The van der Waals surface area contributed by atoms with Crippen LogP contribution in [-0.2, 0) is 6.42 Å². The summed E-state index contributed by atoms with van der Waals surface area (Å²) in [5.74, 6) is -3.42. The average molecular weight is 285 g/mol. The van der Waals surface area contributed by atoms with Crippen molar-refractivity contribution < 1.29 is 18.0 Å². The molecule has 0 spiro atoms. The number of rotatable bonds is 3. The number of halogens is 4. The first-order chi connectivity index (χ1) is 8.99. The van der Waals surface area contributed by atoms with Gasteiger partial charge in [-0.2, -0.15) is 0 Å². The van der Waals surface area contributed by atoms with Gasteiger partial charge in [0.2, 0.25) is 0 Å². The Labute approximate surface area is 112 Å². The molecule has 0 amide bonds. The molecule has 0 fully saturated rings. The third-order valence-electron chi connectivity index (χ3n) is 2.61. The van der Waals surface area contributed by atoms with E-state index in [1.54, 1.807) is 0 Å². The highest BCUT2D eigenvalue weighted by Crippen LogP contribution is 2.19. The van der Waals surface area contributed by atoms with Crippen molar-refractivity contribution in [2.24, 2.45) is 0 Å². The summed E-state index contributed by atoms with van der Waals surface area (Å²) in [6, 6.07) is 6.88. The molecule has 5 heteroatoms. The van der Waals surface area contributed by atoms with E-state index in [0.717, 1.165) is 24.3 Å². The maximum absolute atomic E-state index is 13.5. The van der Waals surface area contributed by atoms with Crippen LogP contribution in [0.5, 0.6) is 0 Å². The molecule has 2 aromatic rings. The second-order valence-electron chi connectivity index (χ2n) is 3.93. The highest BCUT2D eigenvalue weighted by molar-refractivity contribution is 6.30. The molecule has 1 nitrogen and oxygen atoms in total. The van der Waals surface area contributed by atoms with Crippen molar-refractivity contribution >= 4 is 17.4 Å². The molecular formula is C14H8ClF3O. The van der Waals surface area contributed by atoms with E-state index in [2.05, 4.69) is 0 Å². The molecule has 2 rings (SSSR count). The molecule has 0 atom stereocenters. The van der Waals surface area contributed by atoms with Crippen LogP contribution in [0.25, 0.3) is 0 Å². The van der Waals surface area contributed by atoms with Gasteiger partial charge in [-0.15, -0.1) is 0 Å². The van der Waals surface area contributed by atoms with Gasteiger partial charge in [0.25, 0.3) is 0 Å². The average Bonchev–Trinajstić information content (AvgIpc) is 2.32. The molecule has 0 saturated heterocycles. The van der Waals surface area contributed by atoms with E-state index in [0.29, 0.717) is 0 Å². The number of ketones is 1. The molecule has 0 radical (unpaired) electrons. The highest BCUT2D eigenvalue weighted by Gasteiger charge is 2.18. The monoisotopic (exact) mass is 284 g/mol. The van der Waals surface area contributed by atoms with Gasteiger partial charge in [0.15, 0.2) is 5.78 Å². The van der Waals surface area contributed by atoms with Gasteiger partial charge in [-0.05, 0) is 29.8 Å². The first-order valence-electron chi connectivity index (χ1n) is 5.40. The van der Waals surface area contributed by atoms with Gasteiger partial charge >= 0.3 is 0 Å². The number of hydrogen-bond acceptors (Lipinski definition) is 1. The van der Waals surface area contributed by atoms with Gasteiger partial charge in [0, 0.05) is 11.4 Å². The fraction of sp³-hybridized carbons (Fsp3) is 0.0714. The van der Waals surface area contributed by atoms with Crippen LogP contribution in [0, 0.1) is 17.5 Å². The van der Waals surface area contributed by atoms with Gasteiger partial charge in [-0.3, -0.25) is 4.79 Å². The lowest BCUT2D eigenvalue weighted by atomic mass is 10.0. The fourth-order valence-corrected chi connectivity index (χ4v) is 1.85. The summed E-state index contributed by atoms with van der Waals surface area (Å²) in [5, 5.41) is 0.186. The Morgan fingerprint density at radius 1 is 1.00 bits per heavy atom. The molecule has 0 bridgehead atoms. The van der Waals surface area contributed by atoms with Gasteiger partial charge in [-0.25, -0.2) is 13.2 Å². The minimum atomic E-state index is -0.959. The minimum absolute atomic E-state index is 0.0389. The summed E-state index contributed by atoms with van der Waals surface area (Å²) in [5.41, 5.74) is -0.617. The SMILES string of the molecule is O=C(Cc1ccc(Cl)cc1F)c1c(F)cccc1F. The molecule has 0 saturated carbocycles. The molecule has 0 aliphatic heterocycles. The quantitative estimate of drug-likeness (QED) is 0.773. The van der Waals surface area contributed by atoms with E-state index in [-0.39, 0.29) is 10.6 Å². The van der Waals surface area contributed by atoms with Crippen LogP contribution in [0.3, 0.4) is 0 Å². The zero-order valence-corrected chi connectivity index (χ0v) is 10.3. The minimum Gasteiger partial charge on any atom is -0.294 e. The fourth-order valence-electron chi connectivity index (χ4n) is 1.69. The lowest BCUT2D eigenvalue weighted by molar-refractivity contribution is 0.0983. The summed E-state index contributed by atoms with van der Waals surface area (Å²) in [6.07, 6.45) is -0.430. The van der Waals surface area contributed by atoms with Crippen LogP contribution in [0.1, 0.15) is 15.9 Å². The van der Waals surface area contributed by atoms with Crippen LogP contribution in [-0.4, -0.2) is 5.78 Å². The van der Waals surface area contributed by atoms with E-state index < -0.39 is 35.2 Å². The predicted molar refractivity (Wildman–Crippen MR) is 65.8 cm³/mol. The van der Waals surface area contributed by atoms with Crippen LogP contribution in [0.4, 0.5) is 13.2 Å². The van der Waals surface area contributed by atoms with Crippen molar-refractivity contribution in [2.75, 3.05) is 0 Å². The van der Waals surface area contributed by atoms with Gasteiger partial charge in [-0.1, -0.05) is 23.7 Å². The standard InChI is InChI=1S/C14H8ClF3O/c15-9-5-4-8(12(18)7-9)6-13(19)14-10(16)2-1-3-11(14)17/h1-5,7H,6H2. The van der Waals surface area contributed by atoms with E-state index >= 15 is 0 Å². The van der Waals surface area contributed by atoms with Crippen molar-refractivity contribution in [1.29, 1.82) is 0 Å². The Kier molecular flexibility index (Phi) is 3.90. The maximum atomic E-state index is 13.5. The Morgan fingerprint density at radius 2 is 1.63 bits per heavy atom. The zero-order valence-electron chi connectivity index (χ0n) is 9.59.